The average Bonchev–Trinajstić information content (AvgIpc) is 3.56. The zero-order valence-electron chi connectivity index (χ0n) is 18.5. The molecule has 172 valence electrons. The van der Waals surface area contributed by atoms with E-state index in [9.17, 15) is 4.79 Å². The minimum atomic E-state index is -0.356. The van der Waals surface area contributed by atoms with Crippen LogP contribution in [0.25, 0.3) is 16.9 Å². The molecule has 0 fully saturated rings. The molecule has 0 aliphatic carbocycles. The molecule has 0 spiro atoms. The molecule has 34 heavy (non-hydrogen) atoms. The van der Waals surface area contributed by atoms with Gasteiger partial charge in [0.1, 0.15) is 5.75 Å². The molecule has 0 radical (unpaired) electrons. The molecular formula is C23H21BrN8O2. The van der Waals surface area contributed by atoms with Crippen LogP contribution in [0.1, 0.15) is 23.1 Å². The molecular weight excluding hydrogens is 500 g/mol. The van der Waals surface area contributed by atoms with Gasteiger partial charge in [-0.1, -0.05) is 15.9 Å². The van der Waals surface area contributed by atoms with E-state index in [-0.39, 0.29) is 18.3 Å². The zero-order valence-corrected chi connectivity index (χ0v) is 20.1. The first-order valence-electron chi connectivity index (χ1n) is 10.6. The van der Waals surface area contributed by atoms with Crippen molar-refractivity contribution in [3.05, 3.63) is 77.0 Å². The van der Waals surface area contributed by atoms with Crippen molar-refractivity contribution in [1.29, 1.82) is 0 Å². The number of amides is 1. The van der Waals surface area contributed by atoms with Gasteiger partial charge >= 0.3 is 0 Å². The van der Waals surface area contributed by atoms with Crippen molar-refractivity contribution < 1.29 is 9.53 Å². The van der Waals surface area contributed by atoms with Crippen LogP contribution in [0.4, 0.5) is 5.69 Å². The lowest BCUT2D eigenvalue weighted by Crippen LogP contribution is -2.12. The number of halogens is 1. The summed E-state index contributed by atoms with van der Waals surface area (Å²) in [5.41, 5.74) is 4.14. The number of nitrogens with zero attached hydrogens (tertiary/aromatic N) is 7. The van der Waals surface area contributed by atoms with Gasteiger partial charge in [-0.2, -0.15) is 15.3 Å². The number of rotatable bonds is 7. The number of anilines is 1. The summed E-state index contributed by atoms with van der Waals surface area (Å²) in [6.07, 6.45) is 6.76. The van der Waals surface area contributed by atoms with Crippen molar-refractivity contribution in [3.63, 3.8) is 0 Å². The maximum absolute atomic E-state index is 12.9. The lowest BCUT2D eigenvalue weighted by Gasteiger charge is -2.05. The van der Waals surface area contributed by atoms with E-state index in [2.05, 4.69) is 41.5 Å². The summed E-state index contributed by atoms with van der Waals surface area (Å²) in [6, 6.07) is 11.0. The van der Waals surface area contributed by atoms with Gasteiger partial charge in [0.2, 0.25) is 0 Å². The topological polar surface area (TPSA) is 104 Å². The third-order valence-electron chi connectivity index (χ3n) is 5.34. The van der Waals surface area contributed by atoms with E-state index in [4.69, 9.17) is 4.74 Å². The Morgan fingerprint density at radius 1 is 1.15 bits per heavy atom. The SMILES string of the molecule is CCn1ncc(-c2ccnc3cc(C(=O)Nc4cnn(COc5ccc(Br)cc5)c4)nn23)c1C. The van der Waals surface area contributed by atoms with Crippen molar-refractivity contribution in [2.75, 3.05) is 5.32 Å². The summed E-state index contributed by atoms with van der Waals surface area (Å²) < 4.78 is 11.8. The largest absolute Gasteiger partial charge is 0.471 e. The van der Waals surface area contributed by atoms with Crippen LogP contribution in [0.15, 0.2) is 65.7 Å². The average molecular weight is 521 g/mol. The van der Waals surface area contributed by atoms with E-state index >= 15 is 0 Å². The van der Waals surface area contributed by atoms with Crippen LogP contribution < -0.4 is 10.1 Å². The van der Waals surface area contributed by atoms with Gasteiger partial charge in [0.25, 0.3) is 5.91 Å². The Balaban J connectivity index is 1.31. The quantitative estimate of drug-likeness (QED) is 0.345. The van der Waals surface area contributed by atoms with Gasteiger partial charge in [-0.3, -0.25) is 9.48 Å². The second-order valence-corrected chi connectivity index (χ2v) is 8.45. The fourth-order valence-corrected chi connectivity index (χ4v) is 3.86. The van der Waals surface area contributed by atoms with Crippen molar-refractivity contribution in [2.45, 2.75) is 27.1 Å². The summed E-state index contributed by atoms with van der Waals surface area (Å²) in [4.78, 5) is 17.2. The highest BCUT2D eigenvalue weighted by atomic mass is 79.9. The molecule has 0 unspecified atom stereocenters. The van der Waals surface area contributed by atoms with Gasteiger partial charge in [0.15, 0.2) is 18.1 Å². The predicted octanol–water partition coefficient (Wildman–Crippen LogP) is 4.17. The molecule has 5 rings (SSSR count). The molecule has 0 saturated carbocycles. The van der Waals surface area contributed by atoms with Gasteiger partial charge < -0.3 is 10.1 Å². The normalized spacial score (nSPS) is 11.1. The molecule has 1 amide bonds. The molecule has 10 nitrogen and oxygen atoms in total. The molecule has 0 aliphatic rings. The minimum Gasteiger partial charge on any atom is -0.471 e. The number of fused-ring (bicyclic) bond motifs is 1. The van der Waals surface area contributed by atoms with Crippen molar-refractivity contribution in [3.8, 4) is 17.0 Å². The van der Waals surface area contributed by atoms with Crippen LogP contribution >= 0.6 is 15.9 Å². The van der Waals surface area contributed by atoms with Crippen molar-refractivity contribution in [1.82, 2.24) is 34.2 Å². The number of hydrogen-bond acceptors (Lipinski definition) is 6. The van der Waals surface area contributed by atoms with E-state index in [1.54, 1.807) is 40.1 Å². The van der Waals surface area contributed by atoms with Gasteiger partial charge in [0, 0.05) is 34.5 Å². The van der Waals surface area contributed by atoms with Crippen LogP contribution in [-0.2, 0) is 13.3 Å². The van der Waals surface area contributed by atoms with Crippen molar-refractivity contribution >= 4 is 33.2 Å². The van der Waals surface area contributed by atoms with Crippen LogP contribution in [0.2, 0.25) is 0 Å². The van der Waals surface area contributed by atoms with E-state index < -0.39 is 0 Å². The van der Waals surface area contributed by atoms with Gasteiger partial charge in [-0.05, 0) is 44.2 Å². The van der Waals surface area contributed by atoms with Crippen LogP contribution in [0, 0.1) is 6.92 Å². The molecule has 0 aliphatic heterocycles. The van der Waals surface area contributed by atoms with E-state index in [1.165, 1.54) is 0 Å². The smallest absolute Gasteiger partial charge is 0.276 e. The first-order chi connectivity index (χ1) is 16.5. The lowest BCUT2D eigenvalue weighted by atomic mass is 10.2. The third kappa shape index (κ3) is 4.29. The standard InChI is InChI=1S/C23H21BrN8O2/c1-3-31-15(2)19(12-27-31)21-8-9-25-22-10-20(29-32(21)22)23(33)28-17-11-26-30(13-17)14-34-18-6-4-16(24)5-7-18/h4-13H,3,14H2,1-2H3,(H,28,33). The molecule has 5 aromatic rings. The van der Waals surface area contributed by atoms with Gasteiger partial charge in [-0.15, -0.1) is 0 Å². The predicted molar refractivity (Wildman–Crippen MR) is 130 cm³/mol. The second kappa shape index (κ2) is 9.10. The maximum atomic E-state index is 12.9. The van der Waals surface area contributed by atoms with Crippen LogP contribution in [0.5, 0.6) is 5.75 Å². The number of hydrogen-bond donors (Lipinski definition) is 1. The Labute approximate surface area is 203 Å². The highest BCUT2D eigenvalue weighted by Crippen LogP contribution is 2.24. The first-order valence-corrected chi connectivity index (χ1v) is 11.4. The summed E-state index contributed by atoms with van der Waals surface area (Å²) in [7, 11) is 0. The molecule has 0 saturated heterocycles. The third-order valence-corrected chi connectivity index (χ3v) is 5.87. The van der Waals surface area contributed by atoms with Crippen molar-refractivity contribution in [2.24, 2.45) is 0 Å². The van der Waals surface area contributed by atoms with Crippen LogP contribution in [0.3, 0.4) is 0 Å². The minimum absolute atomic E-state index is 0.212. The molecule has 4 aromatic heterocycles. The van der Waals surface area contributed by atoms with E-state index in [1.807, 2.05) is 48.9 Å². The van der Waals surface area contributed by atoms with Gasteiger partial charge in [-0.25, -0.2) is 14.2 Å². The zero-order chi connectivity index (χ0) is 23.7. The Kier molecular flexibility index (Phi) is 5.84. The lowest BCUT2D eigenvalue weighted by molar-refractivity contribution is 0.102. The molecule has 0 atom stereocenters. The maximum Gasteiger partial charge on any atom is 0.276 e. The molecule has 1 aromatic carbocycles. The summed E-state index contributed by atoms with van der Waals surface area (Å²) in [6.45, 7) is 5.03. The molecule has 1 N–H and O–H groups in total. The molecule has 0 bridgehead atoms. The molecule has 11 heteroatoms. The number of aromatic nitrogens is 7. The number of carbonyl (C=O) groups is 1. The number of nitrogens with one attached hydrogen (secondary N) is 1. The highest BCUT2D eigenvalue weighted by molar-refractivity contribution is 9.10. The Hall–Kier alpha value is -3.99. The van der Waals surface area contributed by atoms with E-state index in [0.717, 1.165) is 33.7 Å². The summed E-state index contributed by atoms with van der Waals surface area (Å²) in [5.74, 6) is 0.364. The molecule has 4 heterocycles. The summed E-state index contributed by atoms with van der Waals surface area (Å²) >= 11 is 3.39. The van der Waals surface area contributed by atoms with E-state index in [0.29, 0.717) is 11.3 Å². The number of ether oxygens (including phenoxy) is 1. The van der Waals surface area contributed by atoms with Crippen LogP contribution in [-0.4, -0.2) is 40.1 Å². The first kappa shape index (κ1) is 21.8. The second-order valence-electron chi connectivity index (χ2n) is 7.54. The Morgan fingerprint density at radius 2 is 1.97 bits per heavy atom. The Morgan fingerprint density at radius 3 is 2.74 bits per heavy atom. The fourth-order valence-electron chi connectivity index (χ4n) is 3.59. The fraction of sp³-hybridized carbons (Fsp3) is 0.174. The summed E-state index contributed by atoms with van der Waals surface area (Å²) in [5, 5.41) is 16.0. The Bertz CT molecular complexity index is 1470. The highest BCUT2D eigenvalue weighted by Gasteiger charge is 2.17. The number of benzene rings is 1. The number of carbonyl (C=O) groups excluding carboxylic acids is 1. The monoisotopic (exact) mass is 520 g/mol. The number of aryl methyl sites for hydroxylation is 1. The van der Waals surface area contributed by atoms with Gasteiger partial charge in [0.05, 0.1) is 30.0 Å².